The molecular weight excluding hydrogens is 592 g/mol. The maximum Gasteiger partial charge on any atom is 0.416 e. The number of carbonyl (C=O) groups excluding carboxylic acids is 3. The van der Waals surface area contributed by atoms with Crippen molar-refractivity contribution in [2.24, 2.45) is 11.7 Å². The second-order valence-corrected chi connectivity index (χ2v) is 9.70. The summed E-state index contributed by atoms with van der Waals surface area (Å²) in [5.74, 6) is -4.48. The number of carbonyl (C=O) groups is 3. The second-order valence-electron chi connectivity index (χ2n) is 9.70. The minimum Gasteiger partial charge on any atom is -0.370 e. The quantitative estimate of drug-likeness (QED) is 0.294. The molecule has 0 aliphatic carbocycles. The smallest absolute Gasteiger partial charge is 0.370 e. The highest BCUT2D eigenvalue weighted by atomic mass is 19.4. The fourth-order valence-corrected chi connectivity index (χ4v) is 4.35. The van der Waals surface area contributed by atoms with E-state index in [4.69, 9.17) is 5.73 Å². The number of amides is 3. The number of benzene rings is 3. The molecule has 3 aromatic carbocycles. The molecule has 0 aromatic heterocycles. The van der Waals surface area contributed by atoms with E-state index in [1.165, 1.54) is 29.2 Å². The van der Waals surface area contributed by atoms with Gasteiger partial charge in [-0.25, -0.2) is 0 Å². The van der Waals surface area contributed by atoms with Crippen LogP contribution >= 0.6 is 0 Å². The van der Waals surface area contributed by atoms with Crippen LogP contribution in [-0.4, -0.2) is 36.5 Å². The van der Waals surface area contributed by atoms with Crippen molar-refractivity contribution in [3.63, 3.8) is 0 Å². The number of para-hydroxylation sites is 1. The molecule has 0 bridgehead atoms. The normalized spacial score (nSPS) is 15.3. The number of halogens is 6. The van der Waals surface area contributed by atoms with Gasteiger partial charge in [-0.2, -0.15) is 31.6 Å². The van der Waals surface area contributed by atoms with Crippen LogP contribution < -0.4 is 21.3 Å². The van der Waals surface area contributed by atoms with Crippen molar-refractivity contribution in [2.75, 3.05) is 16.8 Å². The van der Waals surface area contributed by atoms with Gasteiger partial charge in [0.15, 0.2) is 0 Å². The van der Waals surface area contributed by atoms with Crippen molar-refractivity contribution >= 4 is 34.8 Å². The van der Waals surface area contributed by atoms with Gasteiger partial charge in [0, 0.05) is 24.4 Å². The Hall–Kier alpha value is -5.06. The summed E-state index contributed by atoms with van der Waals surface area (Å²) in [6.45, 7) is -0.441. The van der Waals surface area contributed by atoms with Gasteiger partial charge < -0.3 is 21.3 Å². The molecule has 1 aliphatic rings. The van der Waals surface area contributed by atoms with Gasteiger partial charge in [-0.3, -0.25) is 14.4 Å². The Bertz CT molecular complexity index is 1480. The van der Waals surface area contributed by atoms with Crippen LogP contribution in [0.3, 0.4) is 0 Å². The zero-order valence-corrected chi connectivity index (χ0v) is 23.0. The third-order valence-electron chi connectivity index (χ3n) is 6.45. The minimum atomic E-state index is -4.69. The van der Waals surface area contributed by atoms with Gasteiger partial charge >= 0.3 is 12.4 Å². The lowest BCUT2D eigenvalue weighted by atomic mass is 9.97. The van der Waals surface area contributed by atoms with Crippen LogP contribution in [0.4, 0.5) is 43.4 Å². The van der Waals surface area contributed by atoms with Crippen molar-refractivity contribution in [3.05, 3.63) is 90.0 Å². The third kappa shape index (κ3) is 9.48. The van der Waals surface area contributed by atoms with Crippen LogP contribution in [0.5, 0.6) is 0 Å². The summed E-state index contributed by atoms with van der Waals surface area (Å²) in [6.07, 6.45) is -12.2. The van der Waals surface area contributed by atoms with E-state index in [0.717, 1.165) is 18.2 Å². The number of primary amides is 1. The molecule has 2 atom stereocenters. The lowest BCUT2D eigenvalue weighted by molar-refractivity contribution is -0.143. The van der Waals surface area contributed by atoms with Gasteiger partial charge in [-0.1, -0.05) is 48.5 Å². The van der Waals surface area contributed by atoms with E-state index in [1.54, 1.807) is 0 Å². The van der Waals surface area contributed by atoms with Gasteiger partial charge in [0.1, 0.15) is 12.1 Å². The predicted octanol–water partition coefficient (Wildman–Crippen LogP) is 5.67. The molecule has 0 saturated carbocycles. The number of nitrogens with one attached hydrogen (secondary N) is 2. The Labute approximate surface area is 248 Å². The molecule has 1 aliphatic heterocycles. The van der Waals surface area contributed by atoms with E-state index in [2.05, 4.69) is 10.6 Å². The number of nitriles is 1. The predicted molar refractivity (Wildman–Crippen MR) is 149 cm³/mol. The number of nitrogens with two attached hydrogens (primary N) is 1. The molecule has 0 saturated heterocycles. The van der Waals surface area contributed by atoms with E-state index in [9.17, 15) is 46.0 Å². The number of hydrogen-bond donors (Lipinski definition) is 3. The molecular formula is C30H27F6N5O3. The minimum absolute atomic E-state index is 0.0171. The number of fused-ring (bicyclic) bond motifs is 1. The molecule has 44 heavy (non-hydrogen) atoms. The van der Waals surface area contributed by atoms with Crippen LogP contribution in [0, 0.1) is 17.2 Å². The Kier molecular flexibility index (Phi) is 11.0. The van der Waals surface area contributed by atoms with E-state index in [0.29, 0.717) is 0 Å². The molecule has 4 rings (SSSR count). The van der Waals surface area contributed by atoms with Crippen LogP contribution in [0.1, 0.15) is 30.4 Å². The van der Waals surface area contributed by atoms with Gasteiger partial charge in [0.05, 0.1) is 29.0 Å². The summed E-state index contributed by atoms with van der Waals surface area (Å²) in [5.41, 5.74) is 4.17. The van der Waals surface area contributed by atoms with Crippen molar-refractivity contribution in [2.45, 2.75) is 37.7 Å². The lowest BCUT2D eigenvalue weighted by Gasteiger charge is -2.28. The average Bonchev–Trinajstić information content (AvgIpc) is 3.11. The first-order chi connectivity index (χ1) is 20.7. The standard InChI is InChI=1S/C24H21F6N5O3.C6H6/c25-23(26,27)8-7-13(9-19(32)36)21(37)33-17-12-35(16-5-2-4-15(10-16)24(28,29)30)18-6-1-3-14(11-31)20(18)34-22(17)38;1-2-4-6-5-3-1/h1-6,10,13,17H,7-9,12H2,(H2,32,36)(H,33,37)(H,34,38);1-6H. The Morgan fingerprint density at radius 2 is 1.61 bits per heavy atom. The molecule has 2 unspecified atom stereocenters. The number of hydrogen-bond acceptors (Lipinski definition) is 5. The van der Waals surface area contributed by atoms with E-state index >= 15 is 0 Å². The molecule has 8 nitrogen and oxygen atoms in total. The van der Waals surface area contributed by atoms with Crippen molar-refractivity contribution in [3.8, 4) is 6.07 Å². The van der Waals surface area contributed by atoms with Crippen molar-refractivity contribution in [1.29, 1.82) is 5.26 Å². The number of nitrogens with zero attached hydrogens (tertiary/aromatic N) is 2. The maximum absolute atomic E-state index is 13.4. The van der Waals surface area contributed by atoms with Gasteiger partial charge in [-0.05, 0) is 36.8 Å². The zero-order valence-electron chi connectivity index (χ0n) is 23.0. The summed E-state index contributed by atoms with van der Waals surface area (Å²) < 4.78 is 78.4. The van der Waals surface area contributed by atoms with E-state index < -0.39 is 73.4 Å². The summed E-state index contributed by atoms with van der Waals surface area (Å²) in [6, 6.07) is 20.8. The first-order valence-electron chi connectivity index (χ1n) is 13.1. The van der Waals surface area contributed by atoms with Crippen LogP contribution in [0.15, 0.2) is 78.9 Å². The fourth-order valence-electron chi connectivity index (χ4n) is 4.35. The van der Waals surface area contributed by atoms with Crippen molar-refractivity contribution < 1.29 is 40.7 Å². The van der Waals surface area contributed by atoms with E-state index in [1.807, 2.05) is 42.5 Å². The topological polar surface area (TPSA) is 128 Å². The summed E-state index contributed by atoms with van der Waals surface area (Å²) in [4.78, 5) is 38.5. The molecule has 0 spiro atoms. The molecule has 3 aromatic rings. The number of alkyl halides is 6. The van der Waals surface area contributed by atoms with Gasteiger partial charge in [-0.15, -0.1) is 0 Å². The highest BCUT2D eigenvalue weighted by Gasteiger charge is 2.36. The molecule has 4 N–H and O–H groups in total. The lowest BCUT2D eigenvalue weighted by Crippen LogP contribution is -2.50. The maximum atomic E-state index is 13.4. The number of rotatable bonds is 7. The molecule has 3 amide bonds. The zero-order chi connectivity index (χ0) is 32.5. The van der Waals surface area contributed by atoms with Crippen LogP contribution in [0.25, 0.3) is 0 Å². The highest BCUT2D eigenvalue weighted by Crippen LogP contribution is 2.39. The Morgan fingerprint density at radius 1 is 1.00 bits per heavy atom. The summed E-state index contributed by atoms with van der Waals surface area (Å²) >= 11 is 0. The van der Waals surface area contributed by atoms with Crippen molar-refractivity contribution in [1.82, 2.24) is 5.32 Å². The first kappa shape index (κ1) is 33.4. The SMILES string of the molecule is N#Cc1cccc2c1NC(=O)C(NC(=O)C(CCC(F)(F)F)CC(N)=O)CN2c1cccc(C(F)(F)F)c1.c1ccccc1. The van der Waals surface area contributed by atoms with Crippen LogP contribution in [-0.2, 0) is 20.6 Å². The largest absolute Gasteiger partial charge is 0.416 e. The molecule has 232 valence electrons. The fraction of sp³-hybridized carbons (Fsp3) is 0.267. The molecule has 14 heteroatoms. The third-order valence-corrected chi connectivity index (χ3v) is 6.45. The first-order valence-corrected chi connectivity index (χ1v) is 13.1. The Morgan fingerprint density at radius 3 is 2.16 bits per heavy atom. The average molecular weight is 620 g/mol. The van der Waals surface area contributed by atoms with Gasteiger partial charge in [0.25, 0.3) is 0 Å². The number of anilines is 3. The highest BCUT2D eigenvalue weighted by molar-refractivity contribution is 6.04. The monoisotopic (exact) mass is 619 g/mol. The van der Waals surface area contributed by atoms with Gasteiger partial charge in [0.2, 0.25) is 17.7 Å². The second kappa shape index (κ2) is 14.4. The summed E-state index contributed by atoms with van der Waals surface area (Å²) in [7, 11) is 0. The molecule has 1 heterocycles. The molecule has 0 radical (unpaired) electrons. The van der Waals surface area contributed by atoms with Crippen LogP contribution in [0.2, 0.25) is 0 Å². The Balaban J connectivity index is 0.000000785. The summed E-state index contributed by atoms with van der Waals surface area (Å²) in [5, 5.41) is 14.3. The molecule has 0 fully saturated rings. The van der Waals surface area contributed by atoms with E-state index in [-0.39, 0.29) is 22.6 Å².